The normalized spacial score (nSPS) is 10.8. The molecule has 2 rings (SSSR count). The highest BCUT2D eigenvalue weighted by Crippen LogP contribution is 2.28. The maximum Gasteiger partial charge on any atom is 0.248 e. The van der Waals surface area contributed by atoms with Crippen LogP contribution in [0.5, 0.6) is 5.75 Å². The summed E-state index contributed by atoms with van der Waals surface area (Å²) in [7, 11) is 3.37. The molecule has 0 atom stereocenters. The number of methoxy groups -OCH3 is 1. The van der Waals surface area contributed by atoms with Gasteiger partial charge in [0.1, 0.15) is 5.75 Å². The molecule has 0 radical (unpaired) electrons. The fourth-order valence-corrected chi connectivity index (χ4v) is 2.45. The molecule has 1 heterocycles. The number of anilines is 2. The first-order valence-electron chi connectivity index (χ1n) is 7.76. The van der Waals surface area contributed by atoms with Crippen molar-refractivity contribution in [2.24, 2.45) is 7.05 Å². The molecule has 2 N–H and O–H groups in total. The molecule has 0 aliphatic heterocycles. The van der Waals surface area contributed by atoms with Crippen molar-refractivity contribution in [1.82, 2.24) is 9.78 Å². The van der Waals surface area contributed by atoms with Crippen LogP contribution in [0, 0.1) is 13.8 Å². The van der Waals surface area contributed by atoms with Crippen molar-refractivity contribution in [2.45, 2.75) is 20.8 Å². The largest absolute Gasteiger partial charge is 0.495 e. The molecule has 0 spiro atoms. The number of aromatic nitrogens is 2. The molecule has 0 unspecified atom stereocenters. The number of carbonyl (C=O) groups excluding carboxylic acids is 2. The van der Waals surface area contributed by atoms with Crippen LogP contribution in [0.15, 0.2) is 24.3 Å². The van der Waals surface area contributed by atoms with Crippen LogP contribution in [-0.2, 0) is 16.6 Å². The van der Waals surface area contributed by atoms with E-state index >= 15 is 0 Å². The minimum Gasteiger partial charge on any atom is -0.495 e. The predicted molar refractivity (Wildman–Crippen MR) is 97.6 cm³/mol. The molecule has 25 heavy (non-hydrogen) atoms. The zero-order valence-corrected chi connectivity index (χ0v) is 15.0. The summed E-state index contributed by atoms with van der Waals surface area (Å²) < 4.78 is 7.02. The fourth-order valence-electron chi connectivity index (χ4n) is 2.45. The first-order valence-corrected chi connectivity index (χ1v) is 7.76. The Morgan fingerprint density at radius 3 is 2.52 bits per heavy atom. The quantitative estimate of drug-likeness (QED) is 0.818. The molecule has 1 aromatic heterocycles. The second kappa shape index (κ2) is 7.65. The third-order valence-corrected chi connectivity index (χ3v) is 3.74. The van der Waals surface area contributed by atoms with E-state index in [0.717, 1.165) is 17.0 Å². The molecule has 1 aromatic carbocycles. The van der Waals surface area contributed by atoms with Gasteiger partial charge in [-0.05, 0) is 38.1 Å². The number of ether oxygens (including phenoxy) is 1. The van der Waals surface area contributed by atoms with Gasteiger partial charge in [0.2, 0.25) is 11.8 Å². The Balaban J connectivity index is 2.19. The van der Waals surface area contributed by atoms with Crippen LogP contribution in [0.1, 0.15) is 23.9 Å². The van der Waals surface area contributed by atoms with Gasteiger partial charge < -0.3 is 15.4 Å². The number of aryl methyl sites for hydroxylation is 2. The standard InChI is InChI=1S/C18H22N4O3/c1-11-15(12(2)22(4)21-11)7-9-18(24)20-16-10-14(19-13(3)23)6-8-17(16)25-5/h6-10H,1-5H3,(H,19,23)(H,20,24)/b9-7+. The molecule has 2 amide bonds. The van der Waals surface area contributed by atoms with Crippen LogP contribution >= 0.6 is 0 Å². The maximum absolute atomic E-state index is 12.2. The van der Waals surface area contributed by atoms with Crippen LogP contribution in [0.2, 0.25) is 0 Å². The SMILES string of the molecule is COc1ccc(NC(C)=O)cc1NC(=O)/C=C/c1c(C)nn(C)c1C. The van der Waals surface area contributed by atoms with Gasteiger partial charge in [0, 0.05) is 37.0 Å². The fraction of sp³-hybridized carbons (Fsp3) is 0.278. The van der Waals surface area contributed by atoms with Crippen molar-refractivity contribution in [3.8, 4) is 5.75 Å². The minimum atomic E-state index is -0.305. The average Bonchev–Trinajstić information content (AvgIpc) is 2.78. The van der Waals surface area contributed by atoms with E-state index in [2.05, 4.69) is 15.7 Å². The lowest BCUT2D eigenvalue weighted by atomic mass is 10.2. The van der Waals surface area contributed by atoms with Gasteiger partial charge in [-0.1, -0.05) is 0 Å². The number of amides is 2. The molecule has 132 valence electrons. The Labute approximate surface area is 146 Å². The van der Waals surface area contributed by atoms with Crippen molar-refractivity contribution in [3.05, 3.63) is 41.2 Å². The summed E-state index contributed by atoms with van der Waals surface area (Å²) in [4.78, 5) is 23.4. The van der Waals surface area contributed by atoms with Crippen molar-refractivity contribution < 1.29 is 14.3 Å². The Morgan fingerprint density at radius 1 is 1.24 bits per heavy atom. The second-order valence-electron chi connectivity index (χ2n) is 5.63. The number of benzene rings is 1. The zero-order chi connectivity index (χ0) is 18.6. The van der Waals surface area contributed by atoms with Crippen LogP contribution in [0.25, 0.3) is 6.08 Å². The molecule has 0 saturated heterocycles. The lowest BCUT2D eigenvalue weighted by molar-refractivity contribution is -0.114. The first kappa shape index (κ1) is 18.3. The molecule has 0 aliphatic rings. The monoisotopic (exact) mass is 342 g/mol. The Kier molecular flexibility index (Phi) is 5.59. The molecule has 0 fully saturated rings. The maximum atomic E-state index is 12.2. The highest BCUT2D eigenvalue weighted by Gasteiger charge is 2.09. The molecule has 0 bridgehead atoms. The highest BCUT2D eigenvalue weighted by molar-refractivity contribution is 6.03. The smallest absolute Gasteiger partial charge is 0.248 e. The van der Waals surface area contributed by atoms with Gasteiger partial charge in [-0.25, -0.2) is 0 Å². The molecule has 0 saturated carbocycles. The van der Waals surface area contributed by atoms with E-state index in [1.54, 1.807) is 29.0 Å². The van der Waals surface area contributed by atoms with Crippen molar-refractivity contribution >= 4 is 29.3 Å². The van der Waals surface area contributed by atoms with Gasteiger partial charge in [0.15, 0.2) is 0 Å². The van der Waals surface area contributed by atoms with Crippen LogP contribution in [0.3, 0.4) is 0 Å². The van der Waals surface area contributed by atoms with E-state index in [9.17, 15) is 9.59 Å². The van der Waals surface area contributed by atoms with Crippen molar-refractivity contribution in [3.63, 3.8) is 0 Å². The molecule has 7 heteroatoms. The molecule has 2 aromatic rings. The van der Waals surface area contributed by atoms with E-state index in [-0.39, 0.29) is 11.8 Å². The number of hydrogen-bond donors (Lipinski definition) is 2. The summed E-state index contributed by atoms with van der Waals surface area (Å²) in [6.45, 7) is 5.26. The van der Waals surface area contributed by atoms with Crippen LogP contribution in [0.4, 0.5) is 11.4 Å². The average molecular weight is 342 g/mol. The van der Waals surface area contributed by atoms with E-state index in [1.807, 2.05) is 20.9 Å². The van der Waals surface area contributed by atoms with E-state index < -0.39 is 0 Å². The number of nitrogens with zero attached hydrogens (tertiary/aromatic N) is 2. The van der Waals surface area contributed by atoms with Gasteiger partial charge in [-0.3, -0.25) is 14.3 Å². The van der Waals surface area contributed by atoms with Crippen LogP contribution in [-0.4, -0.2) is 28.7 Å². The van der Waals surface area contributed by atoms with Gasteiger partial charge in [-0.2, -0.15) is 5.10 Å². The third-order valence-electron chi connectivity index (χ3n) is 3.74. The molecule has 7 nitrogen and oxygen atoms in total. The Morgan fingerprint density at radius 2 is 1.96 bits per heavy atom. The van der Waals surface area contributed by atoms with E-state index in [4.69, 9.17) is 4.74 Å². The highest BCUT2D eigenvalue weighted by atomic mass is 16.5. The lowest BCUT2D eigenvalue weighted by Crippen LogP contribution is -2.11. The Hall–Kier alpha value is -3.09. The summed E-state index contributed by atoms with van der Waals surface area (Å²) in [6, 6.07) is 5.03. The molecule has 0 aliphatic carbocycles. The number of carbonyl (C=O) groups is 2. The summed E-state index contributed by atoms with van der Waals surface area (Å²) in [5, 5.41) is 9.74. The topological polar surface area (TPSA) is 85.2 Å². The summed E-state index contributed by atoms with van der Waals surface area (Å²) >= 11 is 0. The van der Waals surface area contributed by atoms with Crippen molar-refractivity contribution in [1.29, 1.82) is 0 Å². The zero-order valence-electron chi connectivity index (χ0n) is 15.0. The number of hydrogen-bond acceptors (Lipinski definition) is 4. The minimum absolute atomic E-state index is 0.190. The second-order valence-corrected chi connectivity index (χ2v) is 5.63. The van der Waals surface area contributed by atoms with Gasteiger partial charge in [0.05, 0.1) is 18.5 Å². The molecular formula is C18H22N4O3. The van der Waals surface area contributed by atoms with Gasteiger partial charge in [0.25, 0.3) is 0 Å². The first-order chi connectivity index (χ1) is 11.8. The lowest BCUT2D eigenvalue weighted by Gasteiger charge is -2.11. The summed E-state index contributed by atoms with van der Waals surface area (Å²) in [5.41, 5.74) is 3.80. The van der Waals surface area contributed by atoms with Gasteiger partial charge >= 0.3 is 0 Å². The van der Waals surface area contributed by atoms with E-state index in [1.165, 1.54) is 20.1 Å². The summed E-state index contributed by atoms with van der Waals surface area (Å²) in [5.74, 6) is 0.00962. The third kappa shape index (κ3) is 4.47. The van der Waals surface area contributed by atoms with Crippen molar-refractivity contribution in [2.75, 3.05) is 17.7 Å². The van der Waals surface area contributed by atoms with Gasteiger partial charge in [-0.15, -0.1) is 0 Å². The Bertz CT molecular complexity index is 837. The van der Waals surface area contributed by atoms with Crippen LogP contribution < -0.4 is 15.4 Å². The van der Waals surface area contributed by atoms with E-state index in [0.29, 0.717) is 17.1 Å². The number of rotatable bonds is 5. The summed E-state index contributed by atoms with van der Waals surface area (Å²) in [6.07, 6.45) is 3.18. The predicted octanol–water partition coefficient (Wildman–Crippen LogP) is 2.66. The number of nitrogens with one attached hydrogen (secondary N) is 2. The molecular weight excluding hydrogens is 320 g/mol.